The van der Waals surface area contributed by atoms with Crippen LogP contribution in [0.1, 0.15) is 18.2 Å². The Labute approximate surface area is 134 Å². The average molecular weight is 332 g/mol. The molecule has 0 radical (unpaired) electrons. The van der Waals surface area contributed by atoms with Gasteiger partial charge in [0.05, 0.1) is 4.90 Å². The van der Waals surface area contributed by atoms with Crippen molar-refractivity contribution in [3.8, 4) is 0 Å². The minimum absolute atomic E-state index is 0.0378. The summed E-state index contributed by atoms with van der Waals surface area (Å²) < 4.78 is 27.3. The summed E-state index contributed by atoms with van der Waals surface area (Å²) in [6.07, 6.45) is 2.13. The van der Waals surface area contributed by atoms with Crippen molar-refractivity contribution < 1.29 is 13.2 Å². The minimum Gasteiger partial charge on any atom is -0.312 e. The van der Waals surface area contributed by atoms with Gasteiger partial charge in [0.2, 0.25) is 11.9 Å². The van der Waals surface area contributed by atoms with Gasteiger partial charge < -0.3 is 4.90 Å². The van der Waals surface area contributed by atoms with Gasteiger partial charge in [-0.05, 0) is 43.2 Å². The molecule has 1 N–H and O–H groups in total. The smallest absolute Gasteiger partial charge is 0.264 e. The van der Waals surface area contributed by atoms with E-state index in [0.29, 0.717) is 18.7 Å². The lowest BCUT2D eigenvalue weighted by molar-refractivity contribution is -0.116. The number of anilines is 2. The molecule has 1 aliphatic rings. The molecule has 0 atom stereocenters. The Balaban J connectivity index is 1.91. The molecule has 1 aliphatic heterocycles. The minimum atomic E-state index is -3.77. The van der Waals surface area contributed by atoms with Crippen LogP contribution in [-0.2, 0) is 21.2 Å². The second-order valence-electron chi connectivity index (χ2n) is 5.34. The van der Waals surface area contributed by atoms with Crippen LogP contribution in [0, 0.1) is 6.92 Å². The van der Waals surface area contributed by atoms with E-state index >= 15 is 0 Å². The van der Waals surface area contributed by atoms with Crippen LogP contribution in [0.4, 0.5) is 11.6 Å². The first-order chi connectivity index (χ1) is 10.9. The molecular formula is C15H16N4O3S. The number of carbonyl (C=O) groups excluding carboxylic acids is 1. The molecule has 1 amide bonds. The molecule has 2 aromatic rings. The number of benzene rings is 1. The summed E-state index contributed by atoms with van der Waals surface area (Å²) in [4.78, 5) is 21.3. The van der Waals surface area contributed by atoms with Gasteiger partial charge in [0.1, 0.15) is 0 Å². The third-order valence-electron chi connectivity index (χ3n) is 3.66. The van der Waals surface area contributed by atoms with Crippen molar-refractivity contribution in [2.24, 2.45) is 0 Å². The number of nitrogens with one attached hydrogen (secondary N) is 1. The van der Waals surface area contributed by atoms with E-state index < -0.39 is 10.0 Å². The molecule has 8 heteroatoms. The summed E-state index contributed by atoms with van der Waals surface area (Å²) in [5.74, 6) is -0.0125. The molecule has 0 saturated heterocycles. The monoisotopic (exact) mass is 332 g/mol. The normalized spacial score (nSPS) is 13.7. The predicted octanol–water partition coefficient (Wildman–Crippen LogP) is 1.49. The van der Waals surface area contributed by atoms with Crippen molar-refractivity contribution in [1.29, 1.82) is 0 Å². The third-order valence-corrected chi connectivity index (χ3v) is 4.98. The molecule has 2 heterocycles. The van der Waals surface area contributed by atoms with Crippen molar-refractivity contribution >= 4 is 27.6 Å². The van der Waals surface area contributed by atoms with Crippen LogP contribution >= 0.6 is 0 Å². The molecule has 0 aliphatic carbocycles. The van der Waals surface area contributed by atoms with E-state index in [0.717, 1.165) is 11.3 Å². The molecule has 1 aromatic heterocycles. The zero-order valence-corrected chi connectivity index (χ0v) is 13.6. The molecule has 7 nitrogen and oxygen atoms in total. The molecule has 120 valence electrons. The fraction of sp³-hybridized carbons (Fsp3) is 0.267. The second-order valence-corrected chi connectivity index (χ2v) is 7.02. The molecule has 0 unspecified atom stereocenters. The zero-order valence-electron chi connectivity index (χ0n) is 12.8. The van der Waals surface area contributed by atoms with Gasteiger partial charge in [-0.25, -0.2) is 23.1 Å². The molecule has 0 fully saturated rings. The van der Waals surface area contributed by atoms with Crippen molar-refractivity contribution in [2.75, 3.05) is 16.2 Å². The van der Waals surface area contributed by atoms with Gasteiger partial charge in [-0.2, -0.15) is 0 Å². The van der Waals surface area contributed by atoms with Crippen molar-refractivity contribution in [2.45, 2.75) is 25.2 Å². The van der Waals surface area contributed by atoms with Gasteiger partial charge >= 0.3 is 0 Å². The van der Waals surface area contributed by atoms with Gasteiger partial charge in [-0.15, -0.1) is 0 Å². The van der Waals surface area contributed by atoms with Crippen molar-refractivity contribution in [3.63, 3.8) is 0 Å². The van der Waals surface area contributed by atoms with E-state index in [1.165, 1.54) is 19.2 Å². The first-order valence-corrected chi connectivity index (χ1v) is 8.58. The topological polar surface area (TPSA) is 92.3 Å². The number of fused-ring (bicyclic) bond motifs is 1. The fourth-order valence-corrected chi connectivity index (χ4v) is 3.55. The van der Waals surface area contributed by atoms with E-state index in [9.17, 15) is 13.2 Å². The summed E-state index contributed by atoms with van der Waals surface area (Å²) in [5.41, 5.74) is 2.28. The molecule has 1 aromatic carbocycles. The highest BCUT2D eigenvalue weighted by molar-refractivity contribution is 7.92. The van der Waals surface area contributed by atoms with Crippen molar-refractivity contribution in [1.82, 2.24) is 9.97 Å². The standard InChI is InChI=1S/C15H16N4O3S/c1-10-5-7-16-15(17-10)18-23(21,22)13-3-4-14-12(9-13)6-8-19(14)11(2)20/h3-5,7,9H,6,8H2,1-2H3,(H,16,17,18). The van der Waals surface area contributed by atoms with E-state index in [-0.39, 0.29) is 16.8 Å². The van der Waals surface area contributed by atoms with Crippen LogP contribution in [0.3, 0.4) is 0 Å². The van der Waals surface area contributed by atoms with Crippen LogP contribution in [0.25, 0.3) is 0 Å². The second kappa shape index (κ2) is 5.62. The van der Waals surface area contributed by atoms with Crippen LogP contribution in [-0.4, -0.2) is 30.8 Å². The lowest BCUT2D eigenvalue weighted by Crippen LogP contribution is -2.25. The first-order valence-electron chi connectivity index (χ1n) is 7.10. The largest absolute Gasteiger partial charge is 0.312 e. The predicted molar refractivity (Wildman–Crippen MR) is 85.8 cm³/mol. The van der Waals surface area contributed by atoms with Crippen molar-refractivity contribution in [3.05, 3.63) is 41.7 Å². The Kier molecular flexibility index (Phi) is 3.77. The summed E-state index contributed by atoms with van der Waals surface area (Å²) in [7, 11) is -3.77. The summed E-state index contributed by atoms with van der Waals surface area (Å²) in [5, 5.41) is 0. The SMILES string of the molecule is CC(=O)N1CCc2cc(S(=O)(=O)Nc3nccc(C)n3)ccc21. The number of hydrogen-bond donors (Lipinski definition) is 1. The highest BCUT2D eigenvalue weighted by Gasteiger charge is 2.25. The number of rotatable bonds is 3. The number of aromatic nitrogens is 2. The highest BCUT2D eigenvalue weighted by atomic mass is 32.2. The van der Waals surface area contributed by atoms with E-state index in [2.05, 4.69) is 14.7 Å². The van der Waals surface area contributed by atoms with Crippen LogP contribution in [0.2, 0.25) is 0 Å². The fourth-order valence-electron chi connectivity index (χ4n) is 2.55. The molecule has 3 rings (SSSR count). The number of aryl methyl sites for hydroxylation is 1. The highest BCUT2D eigenvalue weighted by Crippen LogP contribution is 2.30. The van der Waals surface area contributed by atoms with Gasteiger partial charge in [0, 0.05) is 31.0 Å². The van der Waals surface area contributed by atoms with Gasteiger partial charge in [-0.3, -0.25) is 4.79 Å². The molecule has 0 saturated carbocycles. The Morgan fingerprint density at radius 2 is 2.09 bits per heavy atom. The lowest BCUT2D eigenvalue weighted by Gasteiger charge is -2.15. The van der Waals surface area contributed by atoms with Crippen LogP contribution < -0.4 is 9.62 Å². The Bertz CT molecular complexity index is 880. The Morgan fingerprint density at radius 1 is 1.30 bits per heavy atom. The van der Waals surface area contributed by atoms with Crippen LogP contribution in [0.5, 0.6) is 0 Å². The first kappa shape index (κ1) is 15.4. The lowest BCUT2D eigenvalue weighted by atomic mass is 10.2. The van der Waals surface area contributed by atoms with E-state index in [1.54, 1.807) is 30.0 Å². The van der Waals surface area contributed by atoms with Gasteiger partial charge in [0.15, 0.2) is 0 Å². The zero-order chi connectivity index (χ0) is 16.6. The van der Waals surface area contributed by atoms with Gasteiger partial charge in [0.25, 0.3) is 10.0 Å². The number of nitrogens with zero attached hydrogens (tertiary/aromatic N) is 3. The number of hydrogen-bond acceptors (Lipinski definition) is 5. The molecule has 0 bridgehead atoms. The maximum absolute atomic E-state index is 12.5. The quantitative estimate of drug-likeness (QED) is 0.919. The van der Waals surface area contributed by atoms with Crippen LogP contribution in [0.15, 0.2) is 35.4 Å². The molecule has 23 heavy (non-hydrogen) atoms. The number of sulfonamides is 1. The molecular weight excluding hydrogens is 316 g/mol. The number of carbonyl (C=O) groups is 1. The maximum Gasteiger partial charge on any atom is 0.264 e. The summed E-state index contributed by atoms with van der Waals surface area (Å²) in [6, 6.07) is 6.42. The molecule has 0 spiro atoms. The summed E-state index contributed by atoms with van der Waals surface area (Å²) in [6.45, 7) is 3.82. The van der Waals surface area contributed by atoms with E-state index in [4.69, 9.17) is 0 Å². The Hall–Kier alpha value is -2.48. The maximum atomic E-state index is 12.5. The Morgan fingerprint density at radius 3 is 2.78 bits per heavy atom. The number of amides is 1. The third kappa shape index (κ3) is 3.02. The van der Waals surface area contributed by atoms with E-state index in [1.807, 2.05) is 0 Å². The summed E-state index contributed by atoms with van der Waals surface area (Å²) >= 11 is 0. The average Bonchev–Trinajstić information content (AvgIpc) is 2.89. The van der Waals surface area contributed by atoms with Gasteiger partial charge in [-0.1, -0.05) is 0 Å².